The molecule has 1 aliphatic heterocycles. The zero-order valence-electron chi connectivity index (χ0n) is 8.23. The molecule has 1 atom stereocenters. The summed E-state index contributed by atoms with van der Waals surface area (Å²) >= 11 is 0. The highest BCUT2D eigenvalue weighted by molar-refractivity contribution is 5.86. The zero-order valence-corrected chi connectivity index (χ0v) is 8.23. The minimum atomic E-state index is 0.0725. The molecule has 1 unspecified atom stereocenters. The van der Waals surface area contributed by atoms with Crippen molar-refractivity contribution < 1.29 is 4.79 Å². The lowest BCUT2D eigenvalue weighted by molar-refractivity contribution is -0.120. The Balaban J connectivity index is 2.37. The third-order valence-electron chi connectivity index (χ3n) is 2.39. The second kappa shape index (κ2) is 5.77. The van der Waals surface area contributed by atoms with Crippen molar-refractivity contribution in [3.63, 3.8) is 0 Å². The Morgan fingerprint density at radius 1 is 1.46 bits per heavy atom. The van der Waals surface area contributed by atoms with E-state index in [1.165, 1.54) is 19.3 Å². The monoisotopic (exact) mass is 179 g/mol. The van der Waals surface area contributed by atoms with E-state index in [0.29, 0.717) is 6.42 Å². The van der Waals surface area contributed by atoms with E-state index in [9.17, 15) is 4.79 Å². The Hall–Kier alpha value is -0.810. The fourth-order valence-corrected chi connectivity index (χ4v) is 1.60. The summed E-state index contributed by atoms with van der Waals surface area (Å²) in [6, 6.07) is 0.0725. The van der Waals surface area contributed by atoms with Gasteiger partial charge in [-0.25, -0.2) is 0 Å². The van der Waals surface area contributed by atoms with Crippen LogP contribution in [0, 0.1) is 11.8 Å². The van der Waals surface area contributed by atoms with Crippen LogP contribution in [0.1, 0.15) is 39.0 Å². The lowest BCUT2D eigenvalue weighted by atomic mass is 10.0. The number of ketones is 1. The van der Waals surface area contributed by atoms with Gasteiger partial charge in [-0.2, -0.15) is 0 Å². The first kappa shape index (κ1) is 10.3. The van der Waals surface area contributed by atoms with E-state index in [1.807, 2.05) is 0 Å². The van der Waals surface area contributed by atoms with Crippen LogP contribution >= 0.6 is 0 Å². The van der Waals surface area contributed by atoms with Gasteiger partial charge < -0.3 is 5.32 Å². The fraction of sp³-hybridized carbons (Fsp3) is 0.727. The van der Waals surface area contributed by atoms with Gasteiger partial charge >= 0.3 is 0 Å². The summed E-state index contributed by atoms with van der Waals surface area (Å²) in [5.41, 5.74) is 0. The average molecular weight is 179 g/mol. The van der Waals surface area contributed by atoms with Crippen molar-refractivity contribution in [3.05, 3.63) is 0 Å². The van der Waals surface area contributed by atoms with Gasteiger partial charge in [0.25, 0.3) is 0 Å². The molecule has 0 amide bonds. The molecule has 0 bridgehead atoms. The summed E-state index contributed by atoms with van der Waals surface area (Å²) in [6.45, 7) is 2.75. The molecule has 0 saturated carbocycles. The number of Topliss-reactive ketones (excluding diaryl/α,β-unsaturated/α-hetero) is 1. The maximum atomic E-state index is 11.5. The molecule has 0 aromatic rings. The van der Waals surface area contributed by atoms with E-state index in [4.69, 9.17) is 0 Å². The maximum Gasteiger partial charge on any atom is 0.161 e. The van der Waals surface area contributed by atoms with Gasteiger partial charge in [-0.3, -0.25) is 4.79 Å². The van der Waals surface area contributed by atoms with Crippen molar-refractivity contribution in [1.29, 1.82) is 0 Å². The molecule has 1 fully saturated rings. The SMILES string of the molecule is CC#CCC(=O)C1CCCCCN1. The minimum Gasteiger partial charge on any atom is -0.307 e. The third-order valence-corrected chi connectivity index (χ3v) is 2.39. The Labute approximate surface area is 80.1 Å². The van der Waals surface area contributed by atoms with Gasteiger partial charge in [0.15, 0.2) is 5.78 Å². The number of nitrogens with one attached hydrogen (secondary N) is 1. The van der Waals surface area contributed by atoms with Gasteiger partial charge in [0, 0.05) is 0 Å². The van der Waals surface area contributed by atoms with Gasteiger partial charge in [0.2, 0.25) is 0 Å². The first-order chi connectivity index (χ1) is 6.34. The van der Waals surface area contributed by atoms with Crippen molar-refractivity contribution in [2.24, 2.45) is 0 Å². The molecule has 0 aromatic carbocycles. The van der Waals surface area contributed by atoms with E-state index in [0.717, 1.165) is 13.0 Å². The second-order valence-electron chi connectivity index (χ2n) is 3.43. The second-order valence-corrected chi connectivity index (χ2v) is 3.43. The van der Waals surface area contributed by atoms with Crippen molar-refractivity contribution in [2.45, 2.75) is 45.1 Å². The molecule has 0 aliphatic carbocycles. The molecule has 0 radical (unpaired) electrons. The first-order valence-electron chi connectivity index (χ1n) is 5.00. The van der Waals surface area contributed by atoms with Crippen LogP contribution in [0.4, 0.5) is 0 Å². The van der Waals surface area contributed by atoms with Crippen LogP contribution < -0.4 is 5.32 Å². The van der Waals surface area contributed by atoms with Crippen LogP contribution in [0.15, 0.2) is 0 Å². The molecule has 0 aromatic heterocycles. The zero-order chi connectivity index (χ0) is 9.52. The van der Waals surface area contributed by atoms with E-state index < -0.39 is 0 Å². The van der Waals surface area contributed by atoms with E-state index in [-0.39, 0.29) is 11.8 Å². The Kier molecular flexibility index (Phi) is 4.56. The van der Waals surface area contributed by atoms with E-state index in [1.54, 1.807) is 6.92 Å². The Bertz CT molecular complexity index is 216. The molecular weight excluding hydrogens is 162 g/mol. The number of hydrogen-bond donors (Lipinski definition) is 1. The molecule has 2 heteroatoms. The lowest BCUT2D eigenvalue weighted by Gasteiger charge is -2.12. The molecule has 1 aliphatic rings. The Morgan fingerprint density at radius 2 is 2.31 bits per heavy atom. The molecule has 1 rings (SSSR count). The predicted molar refractivity (Wildman–Crippen MR) is 53.3 cm³/mol. The number of carbonyl (C=O) groups excluding carboxylic acids is 1. The highest BCUT2D eigenvalue weighted by Gasteiger charge is 2.17. The fourth-order valence-electron chi connectivity index (χ4n) is 1.60. The van der Waals surface area contributed by atoms with Crippen LogP contribution in [-0.4, -0.2) is 18.4 Å². The van der Waals surface area contributed by atoms with Crippen molar-refractivity contribution in [1.82, 2.24) is 5.32 Å². The van der Waals surface area contributed by atoms with Crippen molar-refractivity contribution in [3.8, 4) is 11.8 Å². The topological polar surface area (TPSA) is 29.1 Å². The maximum absolute atomic E-state index is 11.5. The first-order valence-corrected chi connectivity index (χ1v) is 5.00. The molecule has 13 heavy (non-hydrogen) atoms. The highest BCUT2D eigenvalue weighted by atomic mass is 16.1. The Morgan fingerprint density at radius 3 is 3.08 bits per heavy atom. The standard InChI is InChI=1S/C11H17NO/c1-2-3-8-11(13)10-7-5-4-6-9-12-10/h10,12H,4-9H2,1H3. The summed E-state index contributed by atoms with van der Waals surface area (Å²) in [5, 5.41) is 3.27. The van der Waals surface area contributed by atoms with Crippen LogP contribution in [0.2, 0.25) is 0 Å². The highest BCUT2D eigenvalue weighted by Crippen LogP contribution is 2.09. The van der Waals surface area contributed by atoms with Crippen LogP contribution in [0.3, 0.4) is 0 Å². The summed E-state index contributed by atoms with van der Waals surface area (Å²) < 4.78 is 0. The largest absolute Gasteiger partial charge is 0.307 e. The molecule has 2 nitrogen and oxygen atoms in total. The predicted octanol–water partition coefficient (Wildman–Crippen LogP) is 1.50. The van der Waals surface area contributed by atoms with Gasteiger partial charge in [0.05, 0.1) is 12.5 Å². The molecular formula is C11H17NO. The average Bonchev–Trinajstić information content (AvgIpc) is 2.42. The van der Waals surface area contributed by atoms with Crippen molar-refractivity contribution in [2.75, 3.05) is 6.54 Å². The van der Waals surface area contributed by atoms with Gasteiger partial charge in [-0.1, -0.05) is 18.8 Å². The normalized spacial score (nSPS) is 22.7. The smallest absolute Gasteiger partial charge is 0.161 e. The van der Waals surface area contributed by atoms with Crippen LogP contribution in [0.25, 0.3) is 0 Å². The third kappa shape index (κ3) is 3.61. The minimum absolute atomic E-state index is 0.0725. The van der Waals surface area contributed by atoms with E-state index in [2.05, 4.69) is 17.2 Å². The molecule has 1 saturated heterocycles. The summed E-state index contributed by atoms with van der Waals surface area (Å²) in [6.07, 6.45) is 5.01. The van der Waals surface area contributed by atoms with Crippen LogP contribution in [0.5, 0.6) is 0 Å². The summed E-state index contributed by atoms with van der Waals surface area (Å²) in [4.78, 5) is 11.5. The van der Waals surface area contributed by atoms with Crippen molar-refractivity contribution >= 4 is 5.78 Å². The molecule has 1 heterocycles. The molecule has 0 spiro atoms. The van der Waals surface area contributed by atoms with Gasteiger partial charge in [-0.05, 0) is 26.3 Å². The van der Waals surface area contributed by atoms with Gasteiger partial charge in [0.1, 0.15) is 0 Å². The number of hydrogen-bond acceptors (Lipinski definition) is 2. The van der Waals surface area contributed by atoms with E-state index >= 15 is 0 Å². The summed E-state index contributed by atoms with van der Waals surface area (Å²) in [7, 11) is 0. The summed E-state index contributed by atoms with van der Waals surface area (Å²) in [5.74, 6) is 5.84. The number of rotatable bonds is 2. The molecule has 72 valence electrons. The lowest BCUT2D eigenvalue weighted by Crippen LogP contribution is -2.35. The van der Waals surface area contributed by atoms with Crippen LogP contribution in [-0.2, 0) is 4.79 Å². The van der Waals surface area contributed by atoms with Gasteiger partial charge in [-0.15, -0.1) is 5.92 Å². The number of carbonyl (C=O) groups is 1. The quantitative estimate of drug-likeness (QED) is 0.651. The molecule has 1 N–H and O–H groups in total.